The van der Waals surface area contributed by atoms with E-state index >= 15 is 0 Å². The van der Waals surface area contributed by atoms with Gasteiger partial charge in [-0.1, -0.05) is 11.6 Å². The quantitative estimate of drug-likeness (QED) is 0.690. The number of nitro benzene ring substituents is 1. The molecule has 0 aliphatic heterocycles. The maximum atomic E-state index is 12.0. The monoisotopic (exact) mass is 296 g/mol. The van der Waals surface area contributed by atoms with Crippen molar-refractivity contribution in [1.82, 2.24) is 0 Å². The van der Waals surface area contributed by atoms with Crippen LogP contribution in [0.2, 0.25) is 5.02 Å². The lowest BCUT2D eigenvalue weighted by atomic mass is 10.2. The number of non-ortho nitro benzene ring substituents is 1. The van der Waals surface area contributed by atoms with E-state index in [0.717, 1.165) is 5.56 Å². The molecule has 19 heavy (non-hydrogen) atoms. The minimum atomic E-state index is -0.539. The number of anilines is 1. The minimum Gasteiger partial charge on any atom is -0.320 e. The van der Waals surface area contributed by atoms with E-state index in [-0.39, 0.29) is 22.3 Å². The van der Waals surface area contributed by atoms with Crippen molar-refractivity contribution in [2.24, 2.45) is 0 Å². The molecule has 0 radical (unpaired) electrons. The second-order valence-corrected chi connectivity index (χ2v) is 5.13. The number of amides is 1. The number of hydrogen-bond acceptors (Lipinski definition) is 4. The topological polar surface area (TPSA) is 72.2 Å². The summed E-state index contributed by atoms with van der Waals surface area (Å²) < 4.78 is 0. The Kier molecular flexibility index (Phi) is 3.82. The van der Waals surface area contributed by atoms with E-state index in [1.807, 2.05) is 13.0 Å². The van der Waals surface area contributed by atoms with E-state index < -0.39 is 4.92 Å². The lowest BCUT2D eigenvalue weighted by molar-refractivity contribution is -0.384. The SMILES string of the molecule is Cc1ccsc1C(=O)Nc1cc([N+](=O)[O-])ccc1Cl. The van der Waals surface area contributed by atoms with Crippen LogP contribution in [0.15, 0.2) is 29.6 Å². The Morgan fingerprint density at radius 1 is 1.42 bits per heavy atom. The van der Waals surface area contributed by atoms with E-state index in [2.05, 4.69) is 5.32 Å². The van der Waals surface area contributed by atoms with Crippen LogP contribution in [0.1, 0.15) is 15.2 Å². The first kappa shape index (κ1) is 13.5. The number of nitrogens with one attached hydrogen (secondary N) is 1. The summed E-state index contributed by atoms with van der Waals surface area (Å²) in [5.74, 6) is -0.324. The van der Waals surface area contributed by atoms with Crippen molar-refractivity contribution in [3.63, 3.8) is 0 Å². The Balaban J connectivity index is 2.28. The molecule has 98 valence electrons. The van der Waals surface area contributed by atoms with Crippen LogP contribution in [0, 0.1) is 17.0 Å². The highest BCUT2D eigenvalue weighted by Crippen LogP contribution is 2.28. The number of carbonyl (C=O) groups excluding carboxylic acids is 1. The molecule has 2 rings (SSSR count). The molecule has 0 spiro atoms. The fourth-order valence-corrected chi connectivity index (χ4v) is 2.49. The van der Waals surface area contributed by atoms with Gasteiger partial charge >= 0.3 is 0 Å². The van der Waals surface area contributed by atoms with Gasteiger partial charge in [0, 0.05) is 12.1 Å². The molecule has 7 heteroatoms. The summed E-state index contributed by atoms with van der Waals surface area (Å²) >= 11 is 7.22. The van der Waals surface area contributed by atoms with Gasteiger partial charge in [-0.25, -0.2) is 0 Å². The highest BCUT2D eigenvalue weighted by molar-refractivity contribution is 7.12. The third kappa shape index (κ3) is 2.91. The highest BCUT2D eigenvalue weighted by atomic mass is 35.5. The molecule has 5 nitrogen and oxygen atoms in total. The summed E-state index contributed by atoms with van der Waals surface area (Å²) in [5.41, 5.74) is 0.959. The summed E-state index contributed by atoms with van der Waals surface area (Å²) in [7, 11) is 0. The molecule has 0 unspecified atom stereocenters. The number of rotatable bonds is 3. The fourth-order valence-electron chi connectivity index (χ4n) is 1.51. The van der Waals surface area contributed by atoms with Crippen LogP contribution in [0.25, 0.3) is 0 Å². The van der Waals surface area contributed by atoms with Crippen LogP contribution in [0.5, 0.6) is 0 Å². The Bertz CT molecular complexity index is 654. The normalized spacial score (nSPS) is 10.2. The molecule has 0 aliphatic rings. The molecule has 0 bridgehead atoms. The van der Waals surface area contributed by atoms with Crippen LogP contribution >= 0.6 is 22.9 Å². The summed E-state index contributed by atoms with van der Waals surface area (Å²) in [4.78, 5) is 22.7. The summed E-state index contributed by atoms with van der Waals surface area (Å²) in [6.45, 7) is 1.82. The predicted molar refractivity (Wildman–Crippen MR) is 75.1 cm³/mol. The van der Waals surface area contributed by atoms with Gasteiger partial charge in [-0.05, 0) is 30.0 Å². The van der Waals surface area contributed by atoms with Gasteiger partial charge in [-0.3, -0.25) is 14.9 Å². The summed E-state index contributed by atoms with van der Waals surface area (Å²) in [5, 5.41) is 15.3. The molecule has 1 heterocycles. The van der Waals surface area contributed by atoms with Crippen molar-refractivity contribution < 1.29 is 9.72 Å². The Labute approximate surface area is 118 Å². The third-order valence-electron chi connectivity index (χ3n) is 2.48. The van der Waals surface area contributed by atoms with Crippen molar-refractivity contribution >= 4 is 40.2 Å². The maximum Gasteiger partial charge on any atom is 0.271 e. The predicted octanol–water partition coefficient (Wildman–Crippen LogP) is 3.87. The fraction of sp³-hybridized carbons (Fsp3) is 0.0833. The zero-order chi connectivity index (χ0) is 14.0. The second-order valence-electron chi connectivity index (χ2n) is 3.81. The largest absolute Gasteiger partial charge is 0.320 e. The number of hydrogen-bond donors (Lipinski definition) is 1. The second kappa shape index (κ2) is 5.38. The van der Waals surface area contributed by atoms with Crippen LogP contribution in [-0.2, 0) is 0 Å². The molecule has 2 aromatic rings. The van der Waals surface area contributed by atoms with Gasteiger partial charge in [-0.2, -0.15) is 0 Å². The summed E-state index contributed by atoms with van der Waals surface area (Å²) in [6.07, 6.45) is 0. The number of nitro groups is 1. The molecule has 0 atom stereocenters. The number of halogens is 1. The number of thiophene rings is 1. The van der Waals surface area contributed by atoms with Crippen molar-refractivity contribution in [1.29, 1.82) is 0 Å². The van der Waals surface area contributed by atoms with Gasteiger partial charge in [0.1, 0.15) is 0 Å². The zero-order valence-corrected chi connectivity index (χ0v) is 11.4. The van der Waals surface area contributed by atoms with Crippen molar-refractivity contribution in [3.8, 4) is 0 Å². The number of carbonyl (C=O) groups is 1. The first-order chi connectivity index (χ1) is 8.99. The number of benzene rings is 1. The molecule has 1 aromatic carbocycles. The van der Waals surface area contributed by atoms with E-state index in [9.17, 15) is 14.9 Å². The van der Waals surface area contributed by atoms with E-state index in [0.29, 0.717) is 4.88 Å². The average molecular weight is 297 g/mol. The van der Waals surface area contributed by atoms with E-state index in [1.54, 1.807) is 5.38 Å². The number of aryl methyl sites for hydroxylation is 1. The summed E-state index contributed by atoms with van der Waals surface area (Å²) in [6, 6.07) is 5.74. The smallest absolute Gasteiger partial charge is 0.271 e. The van der Waals surface area contributed by atoms with Crippen LogP contribution in [-0.4, -0.2) is 10.8 Å². The van der Waals surface area contributed by atoms with E-state index in [1.165, 1.54) is 29.5 Å². The Morgan fingerprint density at radius 3 is 2.74 bits per heavy atom. The molecule has 0 aliphatic carbocycles. The van der Waals surface area contributed by atoms with Crippen molar-refractivity contribution in [3.05, 3.63) is 55.2 Å². The molecule has 1 N–H and O–H groups in total. The maximum absolute atomic E-state index is 12.0. The van der Waals surface area contributed by atoms with Gasteiger partial charge in [0.25, 0.3) is 11.6 Å². The van der Waals surface area contributed by atoms with Crippen molar-refractivity contribution in [2.45, 2.75) is 6.92 Å². The molecule has 0 saturated carbocycles. The minimum absolute atomic E-state index is 0.123. The Hall–Kier alpha value is -1.92. The molecule has 0 fully saturated rings. The van der Waals surface area contributed by atoms with Gasteiger partial charge in [0.05, 0.1) is 20.5 Å². The standard InChI is InChI=1S/C12H9ClN2O3S/c1-7-4-5-19-11(7)12(16)14-10-6-8(15(17)18)2-3-9(10)13/h2-6H,1H3,(H,14,16). The van der Waals surface area contributed by atoms with Crippen LogP contribution in [0.3, 0.4) is 0 Å². The van der Waals surface area contributed by atoms with Crippen LogP contribution < -0.4 is 5.32 Å². The van der Waals surface area contributed by atoms with Gasteiger partial charge < -0.3 is 5.32 Å². The van der Waals surface area contributed by atoms with Crippen molar-refractivity contribution in [2.75, 3.05) is 5.32 Å². The molecule has 0 saturated heterocycles. The first-order valence-electron chi connectivity index (χ1n) is 5.28. The average Bonchev–Trinajstić information content (AvgIpc) is 2.78. The van der Waals surface area contributed by atoms with Crippen LogP contribution in [0.4, 0.5) is 11.4 Å². The lowest BCUT2D eigenvalue weighted by Gasteiger charge is -2.06. The molecule has 1 amide bonds. The van der Waals surface area contributed by atoms with E-state index in [4.69, 9.17) is 11.6 Å². The molecular weight excluding hydrogens is 288 g/mol. The Morgan fingerprint density at radius 2 is 2.16 bits per heavy atom. The highest BCUT2D eigenvalue weighted by Gasteiger charge is 2.15. The molecule has 1 aromatic heterocycles. The van der Waals surface area contributed by atoms with Gasteiger partial charge in [-0.15, -0.1) is 11.3 Å². The lowest BCUT2D eigenvalue weighted by Crippen LogP contribution is -2.11. The first-order valence-corrected chi connectivity index (χ1v) is 6.54. The zero-order valence-electron chi connectivity index (χ0n) is 9.84. The third-order valence-corrected chi connectivity index (χ3v) is 3.82. The van der Waals surface area contributed by atoms with Gasteiger partial charge in [0.2, 0.25) is 0 Å². The van der Waals surface area contributed by atoms with Gasteiger partial charge in [0.15, 0.2) is 0 Å². The molecular formula is C12H9ClN2O3S. The number of nitrogens with zero attached hydrogens (tertiary/aromatic N) is 1.